The van der Waals surface area contributed by atoms with E-state index < -0.39 is 0 Å². The maximum atomic E-state index is 13.4. The third kappa shape index (κ3) is 2.15. The lowest BCUT2D eigenvalue weighted by Gasteiger charge is -2.04. The summed E-state index contributed by atoms with van der Waals surface area (Å²) >= 11 is 0. The number of amides is 1. The molecule has 0 saturated carbocycles. The van der Waals surface area contributed by atoms with E-state index in [1.807, 2.05) is 12.1 Å². The Kier molecular flexibility index (Phi) is 2.90. The van der Waals surface area contributed by atoms with Crippen LogP contribution in [0.15, 0.2) is 47.0 Å². The second kappa shape index (κ2) is 4.95. The van der Waals surface area contributed by atoms with Crippen molar-refractivity contribution in [3.8, 4) is 0 Å². The number of rotatable bonds is 2. The van der Waals surface area contributed by atoms with E-state index in [2.05, 4.69) is 15.5 Å². The van der Waals surface area contributed by atoms with Crippen LogP contribution in [0.2, 0.25) is 0 Å². The van der Waals surface area contributed by atoms with Crippen LogP contribution in [0.3, 0.4) is 0 Å². The highest BCUT2D eigenvalue weighted by Gasteiger charge is 2.19. The van der Waals surface area contributed by atoms with E-state index in [9.17, 15) is 9.18 Å². The van der Waals surface area contributed by atoms with Crippen molar-refractivity contribution in [3.05, 3.63) is 59.7 Å². The average Bonchev–Trinajstić information content (AvgIpc) is 3.13. The maximum Gasteiger partial charge on any atom is 0.291 e. The molecule has 1 amide bonds. The first-order valence-corrected chi connectivity index (χ1v) is 7.05. The van der Waals surface area contributed by atoms with Crippen LogP contribution < -0.4 is 5.32 Å². The lowest BCUT2D eigenvalue weighted by Crippen LogP contribution is -2.12. The summed E-state index contributed by atoms with van der Waals surface area (Å²) in [5, 5.41) is 11.1. The number of para-hydroxylation sites is 1. The van der Waals surface area contributed by atoms with Gasteiger partial charge in [0, 0.05) is 16.3 Å². The largest absolute Gasteiger partial charge is 0.451 e. The number of nitrogens with zero attached hydrogens (tertiary/aromatic N) is 1. The Morgan fingerprint density at radius 1 is 1.30 bits per heavy atom. The van der Waals surface area contributed by atoms with Crippen molar-refractivity contribution in [2.24, 2.45) is 0 Å². The molecule has 0 aliphatic heterocycles. The molecule has 0 fully saturated rings. The predicted octanol–water partition coefficient (Wildman–Crippen LogP) is 4.01. The molecule has 0 bridgehead atoms. The maximum absolute atomic E-state index is 13.4. The standard InChI is InChI=1S/C17H12FN3O2/c1-9-12-7-11(18)5-6-14(12)23-16(9)17(22)20-13-4-2-3-10-8-19-21-15(10)13/h2-8H,1H3,(H,19,21)(H,20,22). The number of benzene rings is 2. The van der Waals surface area contributed by atoms with Gasteiger partial charge in [-0.25, -0.2) is 4.39 Å². The molecule has 2 heterocycles. The van der Waals surface area contributed by atoms with E-state index in [0.717, 1.165) is 10.9 Å². The Hall–Kier alpha value is -3.15. The molecule has 4 rings (SSSR count). The normalized spacial score (nSPS) is 11.2. The van der Waals surface area contributed by atoms with Crippen LogP contribution in [-0.2, 0) is 0 Å². The van der Waals surface area contributed by atoms with E-state index in [4.69, 9.17) is 4.42 Å². The predicted molar refractivity (Wildman–Crippen MR) is 85.0 cm³/mol. The van der Waals surface area contributed by atoms with Crippen molar-refractivity contribution in [2.75, 3.05) is 5.32 Å². The SMILES string of the molecule is Cc1c(C(=O)Nc2cccc3cn[nH]c23)oc2ccc(F)cc12. The van der Waals surface area contributed by atoms with Gasteiger partial charge >= 0.3 is 0 Å². The van der Waals surface area contributed by atoms with E-state index in [1.165, 1.54) is 18.2 Å². The Balaban J connectivity index is 1.75. The van der Waals surface area contributed by atoms with Crippen molar-refractivity contribution >= 4 is 33.5 Å². The number of halogens is 1. The fraction of sp³-hybridized carbons (Fsp3) is 0.0588. The summed E-state index contributed by atoms with van der Waals surface area (Å²) in [6, 6.07) is 9.68. The minimum absolute atomic E-state index is 0.169. The van der Waals surface area contributed by atoms with Gasteiger partial charge in [-0.15, -0.1) is 0 Å². The second-order valence-corrected chi connectivity index (χ2v) is 5.29. The lowest BCUT2D eigenvalue weighted by molar-refractivity contribution is 0.0998. The number of hydrogen-bond donors (Lipinski definition) is 2. The van der Waals surface area contributed by atoms with E-state index in [0.29, 0.717) is 22.2 Å². The van der Waals surface area contributed by atoms with Crippen LogP contribution >= 0.6 is 0 Å². The zero-order valence-electron chi connectivity index (χ0n) is 12.2. The molecule has 4 aromatic rings. The van der Waals surface area contributed by atoms with Gasteiger partial charge in [0.25, 0.3) is 5.91 Å². The van der Waals surface area contributed by atoms with Gasteiger partial charge in [-0.2, -0.15) is 5.10 Å². The molecule has 0 unspecified atom stereocenters. The molecular weight excluding hydrogens is 297 g/mol. The molecule has 0 saturated heterocycles. The molecule has 0 aliphatic rings. The fourth-order valence-corrected chi connectivity index (χ4v) is 2.66. The molecule has 0 aliphatic carbocycles. The minimum atomic E-state index is -0.388. The first-order valence-electron chi connectivity index (χ1n) is 7.05. The van der Waals surface area contributed by atoms with Crippen LogP contribution in [0.4, 0.5) is 10.1 Å². The molecule has 2 aromatic carbocycles. The second-order valence-electron chi connectivity index (χ2n) is 5.29. The highest BCUT2D eigenvalue weighted by Crippen LogP contribution is 2.27. The average molecular weight is 309 g/mol. The van der Waals surface area contributed by atoms with E-state index >= 15 is 0 Å². The molecule has 5 nitrogen and oxygen atoms in total. The first kappa shape index (κ1) is 13.5. The number of carbonyl (C=O) groups excluding carboxylic acids is 1. The van der Waals surface area contributed by atoms with Crippen molar-refractivity contribution in [3.63, 3.8) is 0 Å². The molecule has 2 aromatic heterocycles. The van der Waals surface area contributed by atoms with Crippen LogP contribution in [-0.4, -0.2) is 16.1 Å². The fourth-order valence-electron chi connectivity index (χ4n) is 2.66. The highest BCUT2D eigenvalue weighted by molar-refractivity contribution is 6.09. The molecule has 114 valence electrons. The zero-order valence-corrected chi connectivity index (χ0v) is 12.2. The van der Waals surface area contributed by atoms with Gasteiger partial charge in [-0.3, -0.25) is 9.89 Å². The summed E-state index contributed by atoms with van der Waals surface area (Å²) in [5.41, 5.74) is 2.43. The first-order chi connectivity index (χ1) is 11.1. The van der Waals surface area contributed by atoms with Gasteiger partial charge in [0.2, 0.25) is 0 Å². The van der Waals surface area contributed by atoms with Gasteiger partial charge < -0.3 is 9.73 Å². The van der Waals surface area contributed by atoms with E-state index in [-0.39, 0.29) is 17.5 Å². The number of hydrogen-bond acceptors (Lipinski definition) is 3. The van der Waals surface area contributed by atoms with Crippen LogP contribution in [0.5, 0.6) is 0 Å². The van der Waals surface area contributed by atoms with Crippen molar-refractivity contribution in [1.82, 2.24) is 10.2 Å². The summed E-state index contributed by atoms with van der Waals surface area (Å²) in [7, 11) is 0. The van der Waals surface area contributed by atoms with E-state index in [1.54, 1.807) is 19.2 Å². The Morgan fingerprint density at radius 2 is 2.17 bits per heavy atom. The Labute approximate surface area is 130 Å². The summed E-state index contributed by atoms with van der Waals surface area (Å²) in [6.07, 6.45) is 1.68. The Morgan fingerprint density at radius 3 is 3.04 bits per heavy atom. The van der Waals surface area contributed by atoms with Crippen LogP contribution in [0.1, 0.15) is 16.1 Å². The number of aromatic nitrogens is 2. The van der Waals surface area contributed by atoms with Crippen LogP contribution in [0, 0.1) is 12.7 Å². The number of aromatic amines is 1. The summed E-state index contributed by atoms with van der Waals surface area (Å²) in [6.45, 7) is 1.73. The van der Waals surface area contributed by atoms with Gasteiger partial charge in [0.15, 0.2) is 5.76 Å². The third-order valence-electron chi connectivity index (χ3n) is 3.83. The molecule has 23 heavy (non-hydrogen) atoms. The van der Waals surface area contributed by atoms with Crippen molar-refractivity contribution in [1.29, 1.82) is 0 Å². The smallest absolute Gasteiger partial charge is 0.291 e. The van der Waals surface area contributed by atoms with Gasteiger partial charge in [-0.05, 0) is 31.2 Å². The highest BCUT2D eigenvalue weighted by atomic mass is 19.1. The molecule has 0 radical (unpaired) electrons. The van der Waals surface area contributed by atoms with Crippen LogP contribution in [0.25, 0.3) is 21.9 Å². The molecule has 0 spiro atoms. The third-order valence-corrected chi connectivity index (χ3v) is 3.83. The van der Waals surface area contributed by atoms with Gasteiger partial charge in [-0.1, -0.05) is 12.1 Å². The molecular formula is C17H12FN3O2. The summed E-state index contributed by atoms with van der Waals surface area (Å²) < 4.78 is 18.9. The lowest BCUT2D eigenvalue weighted by atomic mass is 10.1. The number of H-pyrrole nitrogens is 1. The number of nitrogens with one attached hydrogen (secondary N) is 2. The Bertz CT molecular complexity index is 1050. The quantitative estimate of drug-likeness (QED) is 0.587. The summed E-state index contributed by atoms with van der Waals surface area (Å²) in [4.78, 5) is 12.5. The van der Waals surface area contributed by atoms with Crippen molar-refractivity contribution in [2.45, 2.75) is 6.92 Å². The number of anilines is 1. The zero-order chi connectivity index (χ0) is 16.0. The number of carbonyl (C=O) groups is 1. The number of fused-ring (bicyclic) bond motifs is 2. The van der Waals surface area contributed by atoms with Crippen molar-refractivity contribution < 1.29 is 13.6 Å². The molecule has 6 heteroatoms. The molecule has 2 N–H and O–H groups in total. The monoisotopic (exact) mass is 309 g/mol. The number of furan rings is 1. The summed E-state index contributed by atoms with van der Waals surface area (Å²) in [5.74, 6) is -0.584. The minimum Gasteiger partial charge on any atom is -0.451 e. The number of aryl methyl sites for hydroxylation is 1. The van der Waals surface area contributed by atoms with Gasteiger partial charge in [0.1, 0.15) is 11.4 Å². The van der Waals surface area contributed by atoms with Gasteiger partial charge in [0.05, 0.1) is 17.4 Å². The topological polar surface area (TPSA) is 70.9 Å². The molecule has 0 atom stereocenters.